The number of carbonyl (C=O) groups is 3. The zero-order chi connectivity index (χ0) is 20.1. The molecule has 3 heterocycles. The highest BCUT2D eigenvalue weighted by molar-refractivity contribution is 6.22. The van der Waals surface area contributed by atoms with Gasteiger partial charge in [-0.3, -0.25) is 24.3 Å². The van der Waals surface area contributed by atoms with Crippen LogP contribution < -0.4 is 5.73 Å². The molecule has 7 nitrogen and oxygen atoms in total. The molecule has 7 heteroatoms. The standard InChI is InChI=1S/C22H22N4O3/c23-19-4-2-15-11-25(12-18(15)19)20(27)14-1-3-16-17(9-14)22(29)26(21(16)28)10-13-5-7-24-8-6-13/h1,3,5-9,15,18-19H,2,4,10-12,23H2. The summed E-state index contributed by atoms with van der Waals surface area (Å²) in [4.78, 5) is 45.6. The van der Waals surface area contributed by atoms with Crippen LogP contribution in [-0.2, 0) is 6.54 Å². The summed E-state index contributed by atoms with van der Waals surface area (Å²) in [7, 11) is 0. The molecule has 2 aromatic rings. The minimum atomic E-state index is -0.364. The number of hydrogen-bond acceptors (Lipinski definition) is 5. The first-order chi connectivity index (χ1) is 14.0. The number of aromatic nitrogens is 1. The van der Waals surface area contributed by atoms with Crippen molar-refractivity contribution in [2.24, 2.45) is 17.6 Å². The maximum atomic E-state index is 13.0. The third-order valence-corrected chi connectivity index (χ3v) is 6.51. The van der Waals surface area contributed by atoms with Crippen LogP contribution in [0.4, 0.5) is 0 Å². The fourth-order valence-electron chi connectivity index (χ4n) is 4.89. The summed E-state index contributed by atoms with van der Waals surface area (Å²) in [5.74, 6) is 0.0522. The molecule has 1 aromatic carbocycles. The van der Waals surface area contributed by atoms with Crippen LogP contribution in [0.1, 0.15) is 49.5 Å². The predicted molar refractivity (Wildman–Crippen MR) is 105 cm³/mol. The molecular weight excluding hydrogens is 368 g/mol. The van der Waals surface area contributed by atoms with Crippen molar-refractivity contribution in [2.75, 3.05) is 13.1 Å². The molecule has 3 amide bonds. The van der Waals surface area contributed by atoms with Crippen LogP contribution in [0.15, 0.2) is 42.7 Å². The van der Waals surface area contributed by atoms with E-state index in [-0.39, 0.29) is 30.3 Å². The molecule has 148 valence electrons. The van der Waals surface area contributed by atoms with Crippen molar-refractivity contribution < 1.29 is 14.4 Å². The van der Waals surface area contributed by atoms with Crippen LogP contribution in [-0.4, -0.2) is 51.6 Å². The number of likely N-dealkylation sites (tertiary alicyclic amines) is 1. The van der Waals surface area contributed by atoms with E-state index in [1.165, 1.54) is 4.90 Å². The Morgan fingerprint density at radius 3 is 2.55 bits per heavy atom. The van der Waals surface area contributed by atoms with E-state index in [4.69, 9.17) is 5.73 Å². The van der Waals surface area contributed by atoms with Gasteiger partial charge in [0.05, 0.1) is 17.7 Å². The van der Waals surface area contributed by atoms with Crippen LogP contribution >= 0.6 is 0 Å². The highest BCUT2D eigenvalue weighted by Gasteiger charge is 2.43. The number of pyridine rings is 1. The van der Waals surface area contributed by atoms with Gasteiger partial charge in [0.15, 0.2) is 0 Å². The Bertz CT molecular complexity index is 1010. The molecule has 2 N–H and O–H groups in total. The highest BCUT2D eigenvalue weighted by Crippen LogP contribution is 2.37. The number of carbonyl (C=O) groups excluding carboxylic acids is 3. The van der Waals surface area contributed by atoms with Gasteiger partial charge in [-0.15, -0.1) is 0 Å². The van der Waals surface area contributed by atoms with Crippen LogP contribution in [0.3, 0.4) is 0 Å². The molecular formula is C22H22N4O3. The first-order valence-electron chi connectivity index (χ1n) is 9.97. The summed E-state index contributed by atoms with van der Waals surface area (Å²) in [5.41, 5.74) is 8.10. The average molecular weight is 390 g/mol. The molecule has 3 atom stereocenters. The van der Waals surface area contributed by atoms with Crippen LogP contribution in [0.5, 0.6) is 0 Å². The molecule has 1 saturated carbocycles. The lowest BCUT2D eigenvalue weighted by Gasteiger charge is -2.19. The number of benzene rings is 1. The third kappa shape index (κ3) is 2.93. The van der Waals surface area contributed by atoms with E-state index in [0.717, 1.165) is 24.9 Å². The molecule has 0 spiro atoms. The first kappa shape index (κ1) is 18.0. The number of fused-ring (bicyclic) bond motifs is 2. The van der Waals surface area contributed by atoms with E-state index in [0.29, 0.717) is 35.1 Å². The molecule has 1 aliphatic carbocycles. The molecule has 1 aromatic heterocycles. The Labute approximate surface area is 168 Å². The Balaban J connectivity index is 1.37. The summed E-state index contributed by atoms with van der Waals surface area (Å²) in [6.45, 7) is 1.57. The zero-order valence-corrected chi connectivity index (χ0v) is 16.0. The molecule has 0 bridgehead atoms. The first-order valence-corrected chi connectivity index (χ1v) is 9.97. The van der Waals surface area contributed by atoms with Crippen molar-refractivity contribution in [3.05, 3.63) is 65.0 Å². The van der Waals surface area contributed by atoms with Crippen molar-refractivity contribution >= 4 is 17.7 Å². The van der Waals surface area contributed by atoms with Gasteiger partial charge in [0.1, 0.15) is 0 Å². The maximum absolute atomic E-state index is 13.0. The monoisotopic (exact) mass is 390 g/mol. The van der Waals surface area contributed by atoms with Gasteiger partial charge in [-0.2, -0.15) is 0 Å². The molecule has 29 heavy (non-hydrogen) atoms. The summed E-state index contributed by atoms with van der Waals surface area (Å²) in [6.07, 6.45) is 5.35. The van der Waals surface area contributed by atoms with Crippen molar-refractivity contribution in [2.45, 2.75) is 25.4 Å². The maximum Gasteiger partial charge on any atom is 0.261 e. The fraction of sp³-hybridized carbons (Fsp3) is 0.364. The lowest BCUT2D eigenvalue weighted by Crippen LogP contribution is -2.33. The second-order valence-corrected chi connectivity index (χ2v) is 8.19. The fourth-order valence-corrected chi connectivity index (χ4v) is 4.89. The second-order valence-electron chi connectivity index (χ2n) is 8.19. The number of nitrogens with two attached hydrogens (primary N) is 1. The van der Waals surface area contributed by atoms with Gasteiger partial charge >= 0.3 is 0 Å². The van der Waals surface area contributed by atoms with Crippen molar-refractivity contribution in [1.82, 2.24) is 14.8 Å². The van der Waals surface area contributed by atoms with Crippen LogP contribution in [0.2, 0.25) is 0 Å². The quantitative estimate of drug-likeness (QED) is 0.805. The number of nitrogens with zero attached hydrogens (tertiary/aromatic N) is 3. The van der Waals surface area contributed by atoms with Gasteiger partial charge in [-0.1, -0.05) is 0 Å². The number of imide groups is 1. The Morgan fingerprint density at radius 2 is 1.79 bits per heavy atom. The summed E-state index contributed by atoms with van der Waals surface area (Å²) in [5, 5.41) is 0. The predicted octanol–water partition coefficient (Wildman–Crippen LogP) is 1.69. The number of hydrogen-bond donors (Lipinski definition) is 1. The van der Waals surface area contributed by atoms with Gasteiger partial charge < -0.3 is 10.6 Å². The van der Waals surface area contributed by atoms with E-state index in [1.807, 2.05) is 4.90 Å². The van der Waals surface area contributed by atoms with Crippen molar-refractivity contribution in [3.8, 4) is 0 Å². The van der Waals surface area contributed by atoms with Gasteiger partial charge in [0.2, 0.25) is 0 Å². The van der Waals surface area contributed by atoms with Gasteiger partial charge in [-0.25, -0.2) is 0 Å². The largest absolute Gasteiger partial charge is 0.338 e. The SMILES string of the molecule is NC1CCC2CN(C(=O)c3ccc4c(c3)C(=O)N(Cc3ccncc3)C4=O)CC12. The molecule has 3 aliphatic rings. The molecule has 0 radical (unpaired) electrons. The molecule has 1 saturated heterocycles. The van der Waals surface area contributed by atoms with Crippen molar-refractivity contribution in [1.29, 1.82) is 0 Å². The van der Waals surface area contributed by atoms with Gasteiger partial charge in [0, 0.05) is 37.1 Å². The van der Waals surface area contributed by atoms with E-state index in [1.54, 1.807) is 42.7 Å². The van der Waals surface area contributed by atoms with Crippen molar-refractivity contribution in [3.63, 3.8) is 0 Å². The molecule has 2 aliphatic heterocycles. The van der Waals surface area contributed by atoms with Gasteiger partial charge in [0.25, 0.3) is 17.7 Å². The van der Waals surface area contributed by atoms with Crippen LogP contribution in [0, 0.1) is 11.8 Å². The second kappa shape index (κ2) is 6.77. The Hall–Kier alpha value is -3.06. The summed E-state index contributed by atoms with van der Waals surface area (Å²) < 4.78 is 0. The van der Waals surface area contributed by atoms with E-state index >= 15 is 0 Å². The van der Waals surface area contributed by atoms with E-state index < -0.39 is 0 Å². The number of amides is 3. The van der Waals surface area contributed by atoms with Gasteiger partial charge in [-0.05, 0) is 60.6 Å². The van der Waals surface area contributed by atoms with E-state index in [9.17, 15) is 14.4 Å². The molecule has 3 unspecified atom stereocenters. The zero-order valence-electron chi connectivity index (χ0n) is 16.0. The minimum absolute atomic E-state index is 0.0952. The highest BCUT2D eigenvalue weighted by atomic mass is 16.2. The minimum Gasteiger partial charge on any atom is -0.338 e. The molecule has 5 rings (SSSR count). The molecule has 2 fully saturated rings. The average Bonchev–Trinajstić information content (AvgIpc) is 3.38. The normalized spacial score (nSPS) is 25.5. The number of rotatable bonds is 3. The topological polar surface area (TPSA) is 96.6 Å². The lowest BCUT2D eigenvalue weighted by molar-refractivity contribution is 0.0642. The van der Waals surface area contributed by atoms with E-state index in [2.05, 4.69) is 4.98 Å². The Morgan fingerprint density at radius 1 is 1.03 bits per heavy atom. The smallest absolute Gasteiger partial charge is 0.261 e. The Kier molecular flexibility index (Phi) is 4.20. The lowest BCUT2D eigenvalue weighted by atomic mass is 9.98. The third-order valence-electron chi connectivity index (χ3n) is 6.51. The van der Waals surface area contributed by atoms with Crippen LogP contribution in [0.25, 0.3) is 0 Å². The summed E-state index contributed by atoms with van der Waals surface area (Å²) in [6, 6.07) is 8.52. The summed E-state index contributed by atoms with van der Waals surface area (Å²) >= 11 is 0.